The van der Waals surface area contributed by atoms with Gasteiger partial charge in [-0.05, 0) is 22.0 Å². The van der Waals surface area contributed by atoms with Crippen molar-refractivity contribution < 1.29 is 17.6 Å². The fourth-order valence-electron chi connectivity index (χ4n) is 0.779. The normalized spacial score (nSPS) is 11.9. The molecular formula is C7HBrCl2F4. The van der Waals surface area contributed by atoms with Crippen molar-refractivity contribution >= 4 is 39.1 Å². The van der Waals surface area contributed by atoms with Gasteiger partial charge in [0.05, 0.1) is 20.1 Å². The molecule has 14 heavy (non-hydrogen) atoms. The van der Waals surface area contributed by atoms with Gasteiger partial charge in [0.15, 0.2) is 0 Å². The highest BCUT2D eigenvalue weighted by molar-refractivity contribution is 9.10. The Bertz CT molecular complexity index is 375. The van der Waals surface area contributed by atoms with Gasteiger partial charge < -0.3 is 0 Å². The molecule has 0 fully saturated rings. The van der Waals surface area contributed by atoms with E-state index in [1.165, 1.54) is 0 Å². The molecule has 0 aromatic heterocycles. The summed E-state index contributed by atoms with van der Waals surface area (Å²) in [7, 11) is 0. The first-order valence-electron chi connectivity index (χ1n) is 3.15. The van der Waals surface area contributed by atoms with Crippen molar-refractivity contribution in [3.63, 3.8) is 0 Å². The van der Waals surface area contributed by atoms with Crippen LogP contribution in [-0.2, 0) is 6.18 Å². The summed E-state index contributed by atoms with van der Waals surface area (Å²) in [4.78, 5) is 0. The Balaban J connectivity index is 3.49. The highest BCUT2D eigenvalue weighted by Crippen LogP contribution is 2.42. The molecule has 0 atom stereocenters. The van der Waals surface area contributed by atoms with Gasteiger partial charge in [-0.25, -0.2) is 4.39 Å². The predicted molar refractivity (Wildman–Crippen MR) is 49.1 cm³/mol. The maximum atomic E-state index is 12.8. The maximum absolute atomic E-state index is 12.8. The smallest absolute Gasteiger partial charge is 0.205 e. The van der Waals surface area contributed by atoms with Crippen LogP contribution >= 0.6 is 39.1 Å². The minimum atomic E-state index is -4.70. The van der Waals surface area contributed by atoms with Gasteiger partial charge >= 0.3 is 6.18 Å². The van der Waals surface area contributed by atoms with Crippen LogP contribution in [0.1, 0.15) is 5.56 Å². The van der Waals surface area contributed by atoms with Crippen molar-refractivity contribution in [1.82, 2.24) is 0 Å². The molecule has 1 rings (SSSR count). The largest absolute Gasteiger partial charge is 0.417 e. The summed E-state index contributed by atoms with van der Waals surface area (Å²) in [6, 6.07) is 0.259. The van der Waals surface area contributed by atoms with Gasteiger partial charge in [0.25, 0.3) is 0 Å². The van der Waals surface area contributed by atoms with Gasteiger partial charge in [-0.15, -0.1) is 0 Å². The predicted octanol–water partition coefficient (Wildman–Crippen LogP) is 4.91. The van der Waals surface area contributed by atoms with E-state index in [1.54, 1.807) is 0 Å². The van der Waals surface area contributed by atoms with Gasteiger partial charge in [-0.2, -0.15) is 13.2 Å². The Morgan fingerprint density at radius 2 is 1.64 bits per heavy atom. The lowest BCUT2D eigenvalue weighted by Crippen LogP contribution is -2.07. The molecule has 0 saturated carbocycles. The third-order valence-electron chi connectivity index (χ3n) is 1.41. The zero-order valence-electron chi connectivity index (χ0n) is 6.22. The number of halogens is 7. The Morgan fingerprint density at radius 3 is 2.07 bits per heavy atom. The van der Waals surface area contributed by atoms with Crippen LogP contribution in [0.2, 0.25) is 10.0 Å². The topological polar surface area (TPSA) is 0 Å². The average molecular weight is 312 g/mol. The highest BCUT2D eigenvalue weighted by atomic mass is 79.9. The summed E-state index contributed by atoms with van der Waals surface area (Å²) >= 11 is 13.3. The first kappa shape index (κ1) is 12.1. The quantitative estimate of drug-likeness (QED) is 0.363. The molecule has 0 N–H and O–H groups in total. The van der Waals surface area contributed by atoms with Crippen molar-refractivity contribution in [3.8, 4) is 0 Å². The summed E-state index contributed by atoms with van der Waals surface area (Å²) in [5.74, 6) is -1.17. The molecule has 0 aliphatic carbocycles. The molecule has 0 bridgehead atoms. The number of alkyl halides is 3. The van der Waals surface area contributed by atoms with E-state index in [4.69, 9.17) is 23.2 Å². The van der Waals surface area contributed by atoms with Crippen LogP contribution in [0, 0.1) is 5.82 Å². The first-order valence-corrected chi connectivity index (χ1v) is 4.70. The van der Waals surface area contributed by atoms with E-state index >= 15 is 0 Å². The Morgan fingerprint density at radius 1 is 1.14 bits per heavy atom. The molecule has 0 aliphatic heterocycles. The van der Waals surface area contributed by atoms with Crippen molar-refractivity contribution in [2.24, 2.45) is 0 Å². The molecule has 1 aromatic carbocycles. The van der Waals surface area contributed by atoms with E-state index in [0.29, 0.717) is 0 Å². The number of hydrogen-bond acceptors (Lipinski definition) is 0. The summed E-state index contributed by atoms with van der Waals surface area (Å²) < 4.78 is 49.2. The Kier molecular flexibility index (Phi) is 3.33. The summed E-state index contributed by atoms with van der Waals surface area (Å²) in [5.41, 5.74) is -1.26. The summed E-state index contributed by atoms with van der Waals surface area (Å²) in [6.45, 7) is 0. The monoisotopic (exact) mass is 310 g/mol. The second-order valence-corrected chi connectivity index (χ2v) is 3.89. The Hall–Kier alpha value is -0.000000000000000278. The number of benzene rings is 1. The second kappa shape index (κ2) is 3.87. The van der Waals surface area contributed by atoms with Crippen molar-refractivity contribution in [2.45, 2.75) is 6.18 Å². The van der Waals surface area contributed by atoms with Crippen LogP contribution in [0.3, 0.4) is 0 Å². The van der Waals surface area contributed by atoms with Crippen molar-refractivity contribution in [2.75, 3.05) is 0 Å². The number of hydrogen-bond donors (Lipinski definition) is 0. The van der Waals surface area contributed by atoms with Crippen LogP contribution in [0.4, 0.5) is 17.6 Å². The van der Waals surface area contributed by atoms with E-state index in [9.17, 15) is 17.6 Å². The fourth-order valence-corrected chi connectivity index (χ4v) is 1.64. The third kappa shape index (κ3) is 2.15. The van der Waals surface area contributed by atoms with Gasteiger partial charge in [0, 0.05) is 0 Å². The lowest BCUT2D eigenvalue weighted by Gasteiger charge is -2.11. The van der Waals surface area contributed by atoms with Gasteiger partial charge in [0.1, 0.15) is 5.82 Å². The zero-order valence-corrected chi connectivity index (χ0v) is 9.32. The van der Waals surface area contributed by atoms with Crippen molar-refractivity contribution in [1.29, 1.82) is 0 Å². The molecular weight excluding hydrogens is 311 g/mol. The highest BCUT2D eigenvalue weighted by Gasteiger charge is 2.35. The molecule has 0 heterocycles. The van der Waals surface area contributed by atoms with E-state index in [1.807, 2.05) is 0 Å². The molecule has 0 amide bonds. The minimum Gasteiger partial charge on any atom is -0.205 e. The average Bonchev–Trinajstić information content (AvgIpc) is 2.06. The molecule has 78 valence electrons. The first-order chi connectivity index (χ1) is 6.25. The molecule has 0 radical (unpaired) electrons. The third-order valence-corrected chi connectivity index (χ3v) is 3.42. The van der Waals surface area contributed by atoms with E-state index in [-0.39, 0.29) is 10.5 Å². The molecule has 7 heteroatoms. The number of rotatable bonds is 0. The molecule has 0 unspecified atom stereocenters. The molecule has 1 aromatic rings. The Labute approximate surface area is 94.9 Å². The minimum absolute atomic E-state index is 0.259. The standard InChI is InChI=1S/C7HBrCl2F4/c8-4-5(9)2(7(12,13)14)1-3(11)6(4)10/h1H. The van der Waals surface area contributed by atoms with Crippen molar-refractivity contribution in [3.05, 3.63) is 32.0 Å². The zero-order chi connectivity index (χ0) is 11.1. The van der Waals surface area contributed by atoms with Crippen LogP contribution < -0.4 is 0 Å². The lowest BCUT2D eigenvalue weighted by molar-refractivity contribution is -0.137. The summed E-state index contributed by atoms with van der Waals surface area (Å²) in [5, 5.41) is -1.12. The lowest BCUT2D eigenvalue weighted by atomic mass is 10.2. The fraction of sp³-hybridized carbons (Fsp3) is 0.143. The van der Waals surface area contributed by atoms with E-state index in [2.05, 4.69) is 15.9 Å². The SMILES string of the molecule is Fc1cc(C(F)(F)F)c(Cl)c(Br)c1Cl. The van der Waals surface area contributed by atoms with Gasteiger partial charge in [-0.3, -0.25) is 0 Å². The second-order valence-electron chi connectivity index (χ2n) is 2.35. The van der Waals surface area contributed by atoms with Crippen LogP contribution in [-0.4, -0.2) is 0 Å². The summed E-state index contributed by atoms with van der Waals surface area (Å²) in [6.07, 6.45) is -4.70. The molecule has 0 spiro atoms. The molecule has 0 saturated heterocycles. The van der Waals surface area contributed by atoms with Gasteiger partial charge in [-0.1, -0.05) is 23.2 Å². The van der Waals surface area contributed by atoms with Crippen LogP contribution in [0.15, 0.2) is 10.5 Å². The van der Waals surface area contributed by atoms with Crippen LogP contribution in [0.5, 0.6) is 0 Å². The van der Waals surface area contributed by atoms with Crippen LogP contribution in [0.25, 0.3) is 0 Å². The maximum Gasteiger partial charge on any atom is 0.417 e. The molecule has 0 aliphatic rings. The van der Waals surface area contributed by atoms with E-state index < -0.39 is 27.6 Å². The molecule has 0 nitrogen and oxygen atoms in total. The van der Waals surface area contributed by atoms with E-state index in [0.717, 1.165) is 0 Å². The van der Waals surface area contributed by atoms with Gasteiger partial charge in [0.2, 0.25) is 0 Å².